The Kier molecular flexibility index (Phi) is 30.1. The van der Waals surface area contributed by atoms with Crippen LogP contribution in [0.4, 0.5) is 30.7 Å². The van der Waals surface area contributed by atoms with Crippen LogP contribution in [0.15, 0.2) is 124 Å². The van der Waals surface area contributed by atoms with Crippen molar-refractivity contribution in [2.24, 2.45) is 0 Å². The van der Waals surface area contributed by atoms with Crippen molar-refractivity contribution in [1.82, 2.24) is 0 Å². The summed E-state index contributed by atoms with van der Waals surface area (Å²) < 4.78 is 93.3. The van der Waals surface area contributed by atoms with E-state index in [1.165, 1.54) is 66.6 Å². The van der Waals surface area contributed by atoms with E-state index in [0.717, 1.165) is 47.9 Å². The number of halogens is 10. The number of hydrogen-bond donors (Lipinski definition) is 0. The van der Waals surface area contributed by atoms with Crippen molar-refractivity contribution in [3.05, 3.63) is 242 Å². The highest BCUT2D eigenvalue weighted by Gasteiger charge is 2.23. The third kappa shape index (κ3) is 26.1. The van der Waals surface area contributed by atoms with Crippen molar-refractivity contribution in [2.45, 2.75) is 211 Å². The third-order valence-corrected chi connectivity index (χ3v) is 16.0. The molecule has 88 heavy (non-hydrogen) atoms. The van der Waals surface area contributed by atoms with Crippen molar-refractivity contribution in [3.8, 4) is 24.7 Å². The molecule has 0 heterocycles. The lowest BCUT2D eigenvalue weighted by atomic mass is 9.85. The zero-order chi connectivity index (χ0) is 68.6. The van der Waals surface area contributed by atoms with Crippen LogP contribution in [0.3, 0.4) is 0 Å². The fraction of sp³-hybridized carbons (Fsp3) is 0.410. The van der Waals surface area contributed by atoms with Crippen molar-refractivity contribution in [3.63, 3.8) is 0 Å². The average Bonchev–Trinajstić information content (AvgIpc) is 2.10. The largest absolute Gasteiger partial charge is 0.207 e. The summed E-state index contributed by atoms with van der Waals surface area (Å²) in [5.74, 6) is 3.05. The molecule has 0 amide bonds. The second-order valence-corrected chi connectivity index (χ2v) is 31.1. The molecule has 10 heteroatoms. The Morgan fingerprint density at radius 3 is 1.22 bits per heavy atom. The van der Waals surface area contributed by atoms with Gasteiger partial charge in [0.05, 0.1) is 5.56 Å². The summed E-state index contributed by atoms with van der Waals surface area (Å²) in [6.07, 6.45) is 10.5. The van der Waals surface area contributed by atoms with E-state index in [2.05, 4.69) is 160 Å². The SMILES string of the molecule is C#Cc1cc(C(C)(C)C)ccc1F.C#Cc1cccc(C(C)(C)C)c1.CC(C)(C)c1ccc(F)cc1Br.Cc1c(F)ccc(C(C)(C)C)c1Br.Cc1c(F)ccc(C(C)(C)C)c1F.Cc1cc(C(C)(C)C)c(F)cc1Cl.Cc1cc(C(C)(C)C)ccc1F. The van der Waals surface area contributed by atoms with Crippen LogP contribution >= 0.6 is 43.5 Å². The van der Waals surface area contributed by atoms with E-state index in [0.29, 0.717) is 21.7 Å². The van der Waals surface area contributed by atoms with Gasteiger partial charge in [0, 0.05) is 25.1 Å². The van der Waals surface area contributed by atoms with Gasteiger partial charge in [-0.3, -0.25) is 0 Å². The summed E-state index contributed by atoms with van der Waals surface area (Å²) in [5.41, 5.74) is 10.8. The average molecular weight is 1360 g/mol. The first kappa shape index (κ1) is 80.4. The highest BCUT2D eigenvalue weighted by atomic mass is 79.9. The molecule has 0 saturated heterocycles. The lowest BCUT2D eigenvalue weighted by Gasteiger charge is -2.21. The van der Waals surface area contributed by atoms with Gasteiger partial charge >= 0.3 is 0 Å². The van der Waals surface area contributed by atoms with E-state index in [4.69, 9.17) is 24.4 Å². The molecule has 0 spiro atoms. The van der Waals surface area contributed by atoms with E-state index in [-0.39, 0.29) is 72.6 Å². The lowest BCUT2D eigenvalue weighted by molar-refractivity contribution is 0.503. The molecule has 478 valence electrons. The summed E-state index contributed by atoms with van der Waals surface area (Å²) in [4.78, 5) is 0. The molecular weight excluding hydrogens is 1270 g/mol. The summed E-state index contributed by atoms with van der Waals surface area (Å²) in [7, 11) is 0. The summed E-state index contributed by atoms with van der Waals surface area (Å²) >= 11 is 12.6. The van der Waals surface area contributed by atoms with E-state index < -0.39 is 11.6 Å². The Hall–Kier alpha value is -5.58. The van der Waals surface area contributed by atoms with Crippen LogP contribution in [0.1, 0.15) is 218 Å². The van der Waals surface area contributed by atoms with Crippen LogP contribution in [0.5, 0.6) is 0 Å². The molecule has 0 unspecified atom stereocenters. The van der Waals surface area contributed by atoms with Crippen molar-refractivity contribution >= 4 is 43.5 Å². The Morgan fingerprint density at radius 2 is 0.784 bits per heavy atom. The normalized spacial score (nSPS) is 11.6. The van der Waals surface area contributed by atoms with Crippen LogP contribution in [0.25, 0.3) is 0 Å². The molecule has 0 aromatic heterocycles. The first-order valence-electron chi connectivity index (χ1n) is 29.2. The second-order valence-electron chi connectivity index (χ2n) is 29.1. The standard InChI is InChI=1S/C12H13F.C12H14.C11H14BrF.C11H14ClF.C11H14F2.C11H15F.C10H12BrF/c1-5-9-8-10(12(2,3)4)6-7-11(9)13;1-5-10-7-6-8-11(9-10)12(2,3)4;1-7-9(13)6-5-8(10(7)12)11(2,3)4;1-7-5-8(11(2,3)4)10(13)6-9(7)12;1-7-9(12)6-5-8(10(7)13)11(2,3)4;1-8-7-9(11(2,3)4)5-6-10(8)12;1-10(2,3)8-5-4-7(12)6-9(8)11/h1,6-8H,2-4H3;1,6-9H,2-4H3;3*5-6H,1-4H3;5-7H,1-4H3;4-6H,1-3H3. The maximum Gasteiger partial charge on any atom is 0.138 e. The number of hydrogen-bond acceptors (Lipinski definition) is 0. The zero-order valence-electron chi connectivity index (χ0n) is 56.9. The number of aryl methyl sites for hydroxylation is 2. The lowest BCUT2D eigenvalue weighted by Crippen LogP contribution is -2.14. The first-order chi connectivity index (χ1) is 39.8. The molecule has 7 aromatic rings. The highest BCUT2D eigenvalue weighted by Crippen LogP contribution is 2.35. The molecule has 0 aliphatic rings. The Bertz CT molecular complexity index is 3430. The maximum atomic E-state index is 13.5. The smallest absolute Gasteiger partial charge is 0.138 e. The highest BCUT2D eigenvalue weighted by molar-refractivity contribution is 9.10. The van der Waals surface area contributed by atoms with Gasteiger partial charge in [0.2, 0.25) is 0 Å². The molecule has 0 radical (unpaired) electrons. The van der Waals surface area contributed by atoms with Gasteiger partial charge in [0.1, 0.15) is 40.7 Å². The topological polar surface area (TPSA) is 0 Å². The minimum Gasteiger partial charge on any atom is -0.207 e. The summed E-state index contributed by atoms with van der Waals surface area (Å²) in [6.45, 7) is 50.4. The quantitative estimate of drug-likeness (QED) is 0.105. The van der Waals surface area contributed by atoms with Gasteiger partial charge in [-0.25, -0.2) is 30.7 Å². The fourth-order valence-corrected chi connectivity index (χ4v) is 10.1. The van der Waals surface area contributed by atoms with Gasteiger partial charge < -0.3 is 0 Å². The summed E-state index contributed by atoms with van der Waals surface area (Å²) in [6, 6.07) is 32.6. The van der Waals surface area contributed by atoms with Gasteiger partial charge in [0.25, 0.3) is 0 Å². The molecule has 0 atom stereocenters. The van der Waals surface area contributed by atoms with Crippen LogP contribution in [0.2, 0.25) is 5.02 Å². The monoisotopic (exact) mass is 1360 g/mol. The number of rotatable bonds is 0. The van der Waals surface area contributed by atoms with Crippen LogP contribution in [-0.2, 0) is 37.9 Å². The zero-order valence-corrected chi connectivity index (χ0v) is 60.8. The Balaban J connectivity index is 0.000000513. The van der Waals surface area contributed by atoms with Crippen molar-refractivity contribution in [2.75, 3.05) is 0 Å². The first-order valence-corrected chi connectivity index (χ1v) is 31.2. The molecule has 0 bridgehead atoms. The predicted octanol–water partition coefficient (Wildman–Crippen LogP) is 25.2. The molecule has 0 aliphatic carbocycles. The molecule has 0 nitrogen and oxygen atoms in total. The van der Waals surface area contributed by atoms with Gasteiger partial charge in [-0.2, -0.15) is 0 Å². The molecule has 0 aliphatic heterocycles. The predicted molar refractivity (Wildman–Crippen MR) is 371 cm³/mol. The molecule has 0 fully saturated rings. The van der Waals surface area contributed by atoms with Gasteiger partial charge in [-0.05, 0) is 182 Å². The van der Waals surface area contributed by atoms with Gasteiger partial charge in [0.15, 0.2) is 0 Å². The molecule has 7 rings (SSSR count). The molecular formula is C78H96Br2ClF7. The number of terminal acetylenes is 2. The van der Waals surface area contributed by atoms with Crippen LogP contribution in [0, 0.1) is 93.1 Å². The minimum atomic E-state index is -0.481. The molecule has 0 N–H and O–H groups in total. The summed E-state index contributed by atoms with van der Waals surface area (Å²) in [5, 5.41) is 0.491. The van der Waals surface area contributed by atoms with E-state index in [9.17, 15) is 30.7 Å². The van der Waals surface area contributed by atoms with Crippen molar-refractivity contribution in [1.29, 1.82) is 0 Å². The van der Waals surface area contributed by atoms with Crippen LogP contribution < -0.4 is 0 Å². The minimum absolute atomic E-state index is 0.0132. The van der Waals surface area contributed by atoms with E-state index in [1.807, 2.05) is 90.9 Å². The Labute approximate surface area is 548 Å². The molecule has 7 aromatic carbocycles. The number of benzene rings is 7. The fourth-order valence-electron chi connectivity index (χ4n) is 8.10. The second kappa shape index (κ2) is 32.9. The van der Waals surface area contributed by atoms with E-state index in [1.54, 1.807) is 26.0 Å². The van der Waals surface area contributed by atoms with E-state index >= 15 is 0 Å². The third-order valence-electron chi connectivity index (χ3n) is 14.0. The van der Waals surface area contributed by atoms with Gasteiger partial charge in [-0.1, -0.05) is 255 Å². The van der Waals surface area contributed by atoms with Crippen molar-refractivity contribution < 1.29 is 30.7 Å². The Morgan fingerprint density at radius 1 is 0.364 bits per heavy atom. The molecule has 0 saturated carbocycles. The van der Waals surface area contributed by atoms with Gasteiger partial charge in [-0.15, -0.1) is 12.8 Å². The van der Waals surface area contributed by atoms with Crippen LogP contribution in [-0.4, -0.2) is 0 Å². The maximum absolute atomic E-state index is 13.5.